The number of carbonyl (C=O) groups excluding carboxylic acids is 1. The van der Waals surface area contributed by atoms with Gasteiger partial charge in [0.05, 0.1) is 7.11 Å². The standard InChI is InChI=1S/C8H17.C6H12O2/c1-3-5-7-8-6-4-2;1-3-4-5-6(7)8-2/h5H,3-4,6-8H2,1-2H3;3-5H2,1-2H3. The third-order valence-corrected chi connectivity index (χ3v) is 2.26. The first kappa shape index (κ1) is 17.9. The van der Waals surface area contributed by atoms with E-state index in [-0.39, 0.29) is 5.97 Å². The van der Waals surface area contributed by atoms with Gasteiger partial charge in [0.25, 0.3) is 0 Å². The summed E-state index contributed by atoms with van der Waals surface area (Å²) in [6, 6.07) is 0. The third-order valence-electron chi connectivity index (χ3n) is 2.26. The quantitative estimate of drug-likeness (QED) is 0.451. The van der Waals surface area contributed by atoms with Crippen molar-refractivity contribution in [3.8, 4) is 0 Å². The fraction of sp³-hybridized carbons (Fsp3) is 0.857. The molecule has 0 fully saturated rings. The lowest BCUT2D eigenvalue weighted by Crippen LogP contribution is -1.98. The molecule has 0 saturated carbocycles. The highest BCUT2D eigenvalue weighted by Gasteiger charge is 1.95. The molecule has 0 aromatic heterocycles. The van der Waals surface area contributed by atoms with Crippen LogP contribution < -0.4 is 0 Å². The first-order chi connectivity index (χ1) is 7.72. The van der Waals surface area contributed by atoms with Crippen molar-refractivity contribution in [2.75, 3.05) is 7.11 Å². The Hall–Kier alpha value is -0.530. The van der Waals surface area contributed by atoms with Gasteiger partial charge in [-0.25, -0.2) is 0 Å². The Balaban J connectivity index is 0. The zero-order valence-corrected chi connectivity index (χ0v) is 11.6. The van der Waals surface area contributed by atoms with E-state index in [1.54, 1.807) is 0 Å². The molecule has 0 aliphatic rings. The fourth-order valence-corrected chi connectivity index (χ4v) is 1.17. The number of rotatable bonds is 8. The minimum atomic E-state index is -0.105. The van der Waals surface area contributed by atoms with E-state index in [4.69, 9.17) is 0 Å². The predicted octanol–water partition coefficient (Wildman–Crippen LogP) is 4.53. The summed E-state index contributed by atoms with van der Waals surface area (Å²) in [5.74, 6) is -0.105. The molecule has 0 atom stereocenters. The second-order valence-electron chi connectivity index (χ2n) is 3.87. The van der Waals surface area contributed by atoms with Crippen molar-refractivity contribution in [1.29, 1.82) is 0 Å². The maximum atomic E-state index is 10.3. The molecule has 0 saturated heterocycles. The van der Waals surface area contributed by atoms with E-state index < -0.39 is 0 Å². The molecule has 1 radical (unpaired) electrons. The molecule has 0 unspecified atom stereocenters. The molecule has 16 heavy (non-hydrogen) atoms. The third kappa shape index (κ3) is 19.1. The molecular weight excluding hydrogens is 200 g/mol. The minimum Gasteiger partial charge on any atom is -0.469 e. The molecule has 2 nitrogen and oxygen atoms in total. The zero-order valence-electron chi connectivity index (χ0n) is 11.6. The summed E-state index contributed by atoms with van der Waals surface area (Å²) in [5, 5.41) is 0. The number of esters is 1. The van der Waals surface area contributed by atoms with Crippen molar-refractivity contribution in [3.05, 3.63) is 6.42 Å². The number of carbonyl (C=O) groups is 1. The van der Waals surface area contributed by atoms with Crippen LogP contribution in [0.1, 0.15) is 72.1 Å². The largest absolute Gasteiger partial charge is 0.469 e. The van der Waals surface area contributed by atoms with Gasteiger partial charge in [-0.15, -0.1) is 0 Å². The Morgan fingerprint density at radius 2 is 1.69 bits per heavy atom. The topological polar surface area (TPSA) is 26.3 Å². The molecule has 0 aliphatic carbocycles. The summed E-state index contributed by atoms with van der Waals surface area (Å²) < 4.78 is 4.41. The first-order valence-electron chi connectivity index (χ1n) is 6.61. The SMILES string of the molecule is CCCCC(=O)OC.CC[CH]CCCCC. The molecule has 0 aromatic carbocycles. The van der Waals surface area contributed by atoms with Crippen LogP contribution in [0.25, 0.3) is 0 Å². The lowest BCUT2D eigenvalue weighted by molar-refractivity contribution is -0.140. The van der Waals surface area contributed by atoms with E-state index in [0.29, 0.717) is 6.42 Å². The Morgan fingerprint density at radius 3 is 2.12 bits per heavy atom. The molecule has 97 valence electrons. The first-order valence-corrected chi connectivity index (χ1v) is 6.61. The lowest BCUT2D eigenvalue weighted by atomic mass is 10.1. The van der Waals surface area contributed by atoms with Crippen LogP contribution in [-0.2, 0) is 9.53 Å². The molecule has 0 aliphatic heterocycles. The van der Waals surface area contributed by atoms with Gasteiger partial charge in [-0.1, -0.05) is 59.3 Å². The van der Waals surface area contributed by atoms with E-state index in [1.165, 1.54) is 39.2 Å². The van der Waals surface area contributed by atoms with Crippen LogP contribution in [0.3, 0.4) is 0 Å². The van der Waals surface area contributed by atoms with E-state index >= 15 is 0 Å². The van der Waals surface area contributed by atoms with Gasteiger partial charge in [0.1, 0.15) is 0 Å². The lowest BCUT2D eigenvalue weighted by Gasteiger charge is -1.93. The molecule has 0 amide bonds. The van der Waals surface area contributed by atoms with Crippen molar-refractivity contribution in [2.24, 2.45) is 0 Å². The summed E-state index contributed by atoms with van der Waals surface area (Å²) in [6.07, 6.45) is 11.6. The van der Waals surface area contributed by atoms with Gasteiger partial charge < -0.3 is 4.74 Å². The van der Waals surface area contributed by atoms with E-state index in [2.05, 4.69) is 25.0 Å². The Kier molecular flexibility index (Phi) is 18.8. The van der Waals surface area contributed by atoms with Gasteiger partial charge in [-0.2, -0.15) is 0 Å². The number of unbranched alkanes of at least 4 members (excludes halogenated alkanes) is 6. The average molecular weight is 229 g/mol. The van der Waals surface area contributed by atoms with Crippen molar-refractivity contribution in [2.45, 2.75) is 72.1 Å². The number of hydrogen-bond acceptors (Lipinski definition) is 2. The molecule has 0 aromatic rings. The van der Waals surface area contributed by atoms with Crippen LogP contribution in [-0.4, -0.2) is 13.1 Å². The van der Waals surface area contributed by atoms with Gasteiger partial charge in [0.2, 0.25) is 0 Å². The summed E-state index contributed by atoms with van der Waals surface area (Å²) in [6.45, 7) is 6.49. The highest BCUT2D eigenvalue weighted by atomic mass is 16.5. The maximum absolute atomic E-state index is 10.3. The molecule has 0 spiro atoms. The van der Waals surface area contributed by atoms with Crippen LogP contribution in [0.4, 0.5) is 0 Å². The number of methoxy groups -OCH3 is 1. The van der Waals surface area contributed by atoms with Crippen molar-refractivity contribution in [3.63, 3.8) is 0 Å². The molecule has 0 N–H and O–H groups in total. The van der Waals surface area contributed by atoms with Gasteiger partial charge in [0, 0.05) is 6.42 Å². The van der Waals surface area contributed by atoms with E-state index in [0.717, 1.165) is 12.8 Å². The van der Waals surface area contributed by atoms with Gasteiger partial charge in [-0.3, -0.25) is 4.79 Å². The highest BCUT2D eigenvalue weighted by molar-refractivity contribution is 5.68. The van der Waals surface area contributed by atoms with Crippen molar-refractivity contribution in [1.82, 2.24) is 0 Å². The molecule has 0 heterocycles. The zero-order chi connectivity index (χ0) is 12.6. The smallest absolute Gasteiger partial charge is 0.305 e. The predicted molar refractivity (Wildman–Crippen MR) is 70.3 cm³/mol. The van der Waals surface area contributed by atoms with Crippen molar-refractivity contribution >= 4 is 5.97 Å². The normalized spacial score (nSPS) is 9.25. The average Bonchev–Trinajstić information content (AvgIpc) is 2.32. The van der Waals surface area contributed by atoms with Crippen LogP contribution in [0.2, 0.25) is 0 Å². The second-order valence-corrected chi connectivity index (χ2v) is 3.87. The minimum absolute atomic E-state index is 0.105. The Labute approximate surface area is 102 Å². The van der Waals surface area contributed by atoms with Gasteiger partial charge in [-0.05, 0) is 12.8 Å². The summed E-state index contributed by atoms with van der Waals surface area (Å²) in [4.78, 5) is 10.3. The molecular formula is C14H29O2. The monoisotopic (exact) mass is 229 g/mol. The van der Waals surface area contributed by atoms with Gasteiger partial charge in [0.15, 0.2) is 0 Å². The Bertz CT molecular complexity index is 127. The van der Waals surface area contributed by atoms with E-state index in [9.17, 15) is 4.79 Å². The second kappa shape index (κ2) is 16.9. The van der Waals surface area contributed by atoms with E-state index in [1.807, 2.05) is 6.92 Å². The van der Waals surface area contributed by atoms with Gasteiger partial charge >= 0.3 is 5.97 Å². The maximum Gasteiger partial charge on any atom is 0.305 e. The number of hydrogen-bond donors (Lipinski definition) is 0. The molecule has 0 rings (SSSR count). The van der Waals surface area contributed by atoms with Crippen molar-refractivity contribution < 1.29 is 9.53 Å². The van der Waals surface area contributed by atoms with Crippen LogP contribution in [0.15, 0.2) is 0 Å². The van der Waals surface area contributed by atoms with Crippen LogP contribution in [0.5, 0.6) is 0 Å². The number of ether oxygens (including phenoxy) is 1. The summed E-state index contributed by atoms with van der Waals surface area (Å²) >= 11 is 0. The fourth-order valence-electron chi connectivity index (χ4n) is 1.17. The summed E-state index contributed by atoms with van der Waals surface area (Å²) in [7, 11) is 1.41. The van der Waals surface area contributed by atoms with Crippen LogP contribution >= 0.6 is 0 Å². The molecule has 0 bridgehead atoms. The van der Waals surface area contributed by atoms with Crippen LogP contribution in [0, 0.1) is 6.42 Å². The summed E-state index contributed by atoms with van der Waals surface area (Å²) in [5.41, 5.74) is 0. The highest BCUT2D eigenvalue weighted by Crippen LogP contribution is 2.02. The molecule has 2 heteroatoms. The Morgan fingerprint density at radius 1 is 1.06 bits per heavy atom.